The Labute approximate surface area is 147 Å². The van der Waals surface area contributed by atoms with Crippen LogP contribution in [0, 0.1) is 11.7 Å². The lowest BCUT2D eigenvalue weighted by Gasteiger charge is -2.32. The maximum atomic E-state index is 13.1. The monoisotopic (exact) mass is 342 g/mol. The summed E-state index contributed by atoms with van der Waals surface area (Å²) < 4.78 is 13.1. The van der Waals surface area contributed by atoms with E-state index in [0.717, 1.165) is 43.0 Å². The molecule has 25 heavy (non-hydrogen) atoms. The molecule has 2 aromatic rings. The number of rotatable bonds is 4. The Balaban J connectivity index is 1.67. The van der Waals surface area contributed by atoms with E-state index in [9.17, 15) is 9.18 Å². The number of halogens is 1. The van der Waals surface area contributed by atoms with Crippen LogP contribution in [-0.4, -0.2) is 35.0 Å². The van der Waals surface area contributed by atoms with Crippen molar-refractivity contribution in [2.75, 3.05) is 18.0 Å². The summed E-state index contributed by atoms with van der Waals surface area (Å²) in [6.45, 7) is 5.53. The van der Waals surface area contributed by atoms with Gasteiger partial charge < -0.3 is 10.2 Å². The summed E-state index contributed by atoms with van der Waals surface area (Å²) in [5.74, 6) is 0.790. The first kappa shape index (κ1) is 17.3. The second kappa shape index (κ2) is 7.59. The van der Waals surface area contributed by atoms with Crippen LogP contribution in [0.3, 0.4) is 0 Å². The maximum Gasteiger partial charge on any atom is 0.223 e. The summed E-state index contributed by atoms with van der Waals surface area (Å²) in [5.41, 5.74) is 1.63. The molecule has 1 saturated heterocycles. The number of hydrogen-bond donors (Lipinski definition) is 1. The molecule has 1 aromatic carbocycles. The first-order valence-corrected chi connectivity index (χ1v) is 8.66. The van der Waals surface area contributed by atoms with Crippen LogP contribution in [0.4, 0.5) is 10.2 Å². The Kier molecular flexibility index (Phi) is 5.26. The summed E-state index contributed by atoms with van der Waals surface area (Å²) in [5, 5.41) is 2.99. The van der Waals surface area contributed by atoms with E-state index in [1.807, 2.05) is 19.9 Å². The lowest BCUT2D eigenvalue weighted by atomic mass is 9.95. The van der Waals surface area contributed by atoms with Crippen molar-refractivity contribution in [1.82, 2.24) is 15.3 Å². The smallest absolute Gasteiger partial charge is 0.223 e. The van der Waals surface area contributed by atoms with Crippen LogP contribution in [-0.2, 0) is 4.79 Å². The molecule has 1 amide bonds. The second-order valence-corrected chi connectivity index (χ2v) is 6.69. The van der Waals surface area contributed by atoms with Crippen LogP contribution in [0.1, 0.15) is 26.7 Å². The summed E-state index contributed by atoms with van der Waals surface area (Å²) in [6.07, 6.45) is 3.16. The highest BCUT2D eigenvalue weighted by Gasteiger charge is 2.26. The Morgan fingerprint density at radius 3 is 2.52 bits per heavy atom. The normalized spacial score (nSPS) is 15.4. The predicted octanol–water partition coefficient (Wildman–Crippen LogP) is 3.02. The quantitative estimate of drug-likeness (QED) is 0.928. The molecule has 1 fully saturated rings. The van der Waals surface area contributed by atoms with E-state index in [-0.39, 0.29) is 23.7 Å². The fraction of sp³-hybridized carbons (Fsp3) is 0.421. The van der Waals surface area contributed by atoms with E-state index in [0.29, 0.717) is 0 Å². The van der Waals surface area contributed by atoms with Crippen molar-refractivity contribution in [2.24, 2.45) is 5.92 Å². The number of carbonyl (C=O) groups is 1. The molecule has 132 valence electrons. The highest BCUT2D eigenvalue weighted by molar-refractivity contribution is 5.79. The molecule has 1 aromatic heterocycles. The summed E-state index contributed by atoms with van der Waals surface area (Å²) >= 11 is 0. The predicted molar refractivity (Wildman–Crippen MR) is 95.6 cm³/mol. The Bertz CT molecular complexity index is 724. The Hall–Kier alpha value is -2.50. The van der Waals surface area contributed by atoms with E-state index >= 15 is 0 Å². The standard InChI is InChI=1S/C19H23FN4O/c1-13(2)23-19(25)15-7-9-24(10-8-15)18-11-17(21-12-22-18)14-3-5-16(20)6-4-14/h3-6,11-13,15H,7-10H2,1-2H3,(H,23,25). The average molecular weight is 342 g/mol. The lowest BCUT2D eigenvalue weighted by Crippen LogP contribution is -2.42. The SMILES string of the molecule is CC(C)NC(=O)C1CCN(c2cc(-c3ccc(F)cc3)ncn2)CC1. The van der Waals surface area contributed by atoms with Gasteiger partial charge >= 0.3 is 0 Å². The van der Waals surface area contributed by atoms with Gasteiger partial charge in [0.2, 0.25) is 5.91 Å². The molecular weight excluding hydrogens is 319 g/mol. The topological polar surface area (TPSA) is 58.1 Å². The van der Waals surface area contributed by atoms with Crippen molar-refractivity contribution >= 4 is 11.7 Å². The Morgan fingerprint density at radius 2 is 1.88 bits per heavy atom. The van der Waals surface area contributed by atoms with Gasteiger partial charge in [0.05, 0.1) is 5.69 Å². The van der Waals surface area contributed by atoms with E-state index in [1.54, 1.807) is 12.1 Å². The largest absolute Gasteiger partial charge is 0.356 e. The van der Waals surface area contributed by atoms with E-state index in [2.05, 4.69) is 20.2 Å². The van der Waals surface area contributed by atoms with Crippen molar-refractivity contribution in [3.8, 4) is 11.3 Å². The zero-order valence-corrected chi connectivity index (χ0v) is 14.6. The molecule has 1 N–H and O–H groups in total. The molecule has 1 aliphatic rings. The molecule has 2 heterocycles. The van der Waals surface area contributed by atoms with Gasteiger partial charge in [-0.2, -0.15) is 0 Å². The number of aromatic nitrogens is 2. The molecule has 0 spiro atoms. The number of hydrogen-bond acceptors (Lipinski definition) is 4. The third-order valence-electron chi connectivity index (χ3n) is 4.41. The van der Waals surface area contributed by atoms with Gasteiger partial charge in [-0.15, -0.1) is 0 Å². The van der Waals surface area contributed by atoms with E-state index in [1.165, 1.54) is 18.5 Å². The minimum atomic E-state index is -0.264. The summed E-state index contributed by atoms with van der Waals surface area (Å²) in [6, 6.07) is 8.37. The Morgan fingerprint density at radius 1 is 1.20 bits per heavy atom. The fourth-order valence-electron chi connectivity index (χ4n) is 3.07. The number of amides is 1. The van der Waals surface area contributed by atoms with E-state index in [4.69, 9.17) is 0 Å². The molecule has 0 unspecified atom stereocenters. The van der Waals surface area contributed by atoms with Gasteiger partial charge in [0.1, 0.15) is 18.0 Å². The number of anilines is 1. The van der Waals surface area contributed by atoms with E-state index < -0.39 is 0 Å². The van der Waals surface area contributed by atoms with Crippen LogP contribution in [0.15, 0.2) is 36.7 Å². The first-order chi connectivity index (χ1) is 12.0. The molecule has 0 saturated carbocycles. The number of piperidine rings is 1. The molecule has 0 radical (unpaired) electrons. The lowest BCUT2D eigenvalue weighted by molar-refractivity contribution is -0.126. The van der Waals surface area contributed by atoms with Gasteiger partial charge in [0.25, 0.3) is 0 Å². The van der Waals surface area contributed by atoms with Gasteiger partial charge in [-0.3, -0.25) is 4.79 Å². The molecule has 6 heteroatoms. The molecule has 0 aliphatic carbocycles. The molecule has 5 nitrogen and oxygen atoms in total. The minimum Gasteiger partial charge on any atom is -0.356 e. The van der Waals surface area contributed by atoms with Crippen molar-refractivity contribution in [3.63, 3.8) is 0 Å². The van der Waals surface area contributed by atoms with Crippen LogP contribution < -0.4 is 10.2 Å². The van der Waals surface area contributed by atoms with Gasteiger partial charge in [-0.25, -0.2) is 14.4 Å². The fourth-order valence-corrected chi connectivity index (χ4v) is 3.07. The van der Waals surface area contributed by atoms with Crippen molar-refractivity contribution in [3.05, 3.63) is 42.5 Å². The molecule has 3 rings (SSSR count). The first-order valence-electron chi connectivity index (χ1n) is 8.66. The third-order valence-corrected chi connectivity index (χ3v) is 4.41. The van der Waals surface area contributed by atoms with Gasteiger partial charge in [0, 0.05) is 36.7 Å². The zero-order chi connectivity index (χ0) is 17.8. The van der Waals surface area contributed by atoms with Crippen LogP contribution in [0.5, 0.6) is 0 Å². The van der Waals surface area contributed by atoms with Crippen molar-refractivity contribution < 1.29 is 9.18 Å². The van der Waals surface area contributed by atoms with Gasteiger partial charge in [-0.1, -0.05) is 0 Å². The maximum absolute atomic E-state index is 13.1. The summed E-state index contributed by atoms with van der Waals surface area (Å²) in [7, 11) is 0. The van der Waals surface area contributed by atoms with Crippen LogP contribution in [0.2, 0.25) is 0 Å². The molecule has 0 atom stereocenters. The second-order valence-electron chi connectivity index (χ2n) is 6.69. The number of benzene rings is 1. The highest BCUT2D eigenvalue weighted by atomic mass is 19.1. The molecule has 0 bridgehead atoms. The van der Waals surface area contributed by atoms with Gasteiger partial charge in [-0.05, 0) is 51.0 Å². The summed E-state index contributed by atoms with van der Waals surface area (Å²) in [4.78, 5) is 23.0. The van der Waals surface area contributed by atoms with Gasteiger partial charge in [0.15, 0.2) is 0 Å². The number of carbonyl (C=O) groups excluding carboxylic acids is 1. The minimum absolute atomic E-state index is 0.0667. The third kappa shape index (κ3) is 4.32. The van der Waals surface area contributed by atoms with Crippen LogP contribution in [0.25, 0.3) is 11.3 Å². The number of nitrogens with one attached hydrogen (secondary N) is 1. The van der Waals surface area contributed by atoms with Crippen LogP contribution >= 0.6 is 0 Å². The van der Waals surface area contributed by atoms with Crippen molar-refractivity contribution in [2.45, 2.75) is 32.7 Å². The van der Waals surface area contributed by atoms with Crippen molar-refractivity contribution in [1.29, 1.82) is 0 Å². The highest BCUT2D eigenvalue weighted by Crippen LogP contribution is 2.25. The number of nitrogens with zero attached hydrogens (tertiary/aromatic N) is 3. The molecule has 1 aliphatic heterocycles. The average Bonchev–Trinajstić information content (AvgIpc) is 2.62. The zero-order valence-electron chi connectivity index (χ0n) is 14.6. The molecular formula is C19H23FN4O.